The molecule has 1 atom stereocenters. The Hall–Kier alpha value is -4.00. The zero-order valence-corrected chi connectivity index (χ0v) is 19.5. The van der Waals surface area contributed by atoms with Crippen LogP contribution in [-0.4, -0.2) is 27.0 Å². The molecule has 2 amide bonds. The van der Waals surface area contributed by atoms with Crippen molar-refractivity contribution in [1.29, 1.82) is 0 Å². The molecule has 0 bridgehead atoms. The second kappa shape index (κ2) is 9.87. The number of hydrogen-bond donors (Lipinski definition) is 1. The first-order valence-corrected chi connectivity index (χ1v) is 11.3. The van der Waals surface area contributed by atoms with E-state index in [2.05, 4.69) is 5.32 Å². The highest BCUT2D eigenvalue weighted by molar-refractivity contribution is 5.89. The SMILES string of the molecule is CCCN(C(=O)Nc1ccccc1F)C(C)c1nc2ccccc2c(=O)n1-c1ccccc1C. The first kappa shape index (κ1) is 23.2. The highest BCUT2D eigenvalue weighted by atomic mass is 19.1. The molecule has 0 fully saturated rings. The average molecular weight is 459 g/mol. The molecule has 7 heteroatoms. The number of carbonyl (C=O) groups excluding carboxylic acids is 1. The van der Waals surface area contributed by atoms with E-state index in [9.17, 15) is 14.0 Å². The number of para-hydroxylation sites is 3. The molecule has 0 aliphatic rings. The van der Waals surface area contributed by atoms with Crippen LogP contribution in [0.4, 0.5) is 14.9 Å². The molecule has 0 aliphatic carbocycles. The number of aryl methyl sites for hydroxylation is 1. The van der Waals surface area contributed by atoms with E-state index in [0.29, 0.717) is 35.4 Å². The molecular formula is C27H27FN4O2. The molecule has 0 radical (unpaired) electrons. The van der Waals surface area contributed by atoms with Gasteiger partial charge in [-0.3, -0.25) is 9.36 Å². The van der Waals surface area contributed by atoms with E-state index in [1.54, 1.807) is 33.7 Å². The van der Waals surface area contributed by atoms with Crippen LogP contribution in [0.15, 0.2) is 77.6 Å². The van der Waals surface area contributed by atoms with Crippen molar-refractivity contribution in [3.63, 3.8) is 0 Å². The lowest BCUT2D eigenvalue weighted by Gasteiger charge is -2.30. The van der Waals surface area contributed by atoms with Gasteiger partial charge in [-0.2, -0.15) is 0 Å². The van der Waals surface area contributed by atoms with Crippen LogP contribution in [0.1, 0.15) is 37.7 Å². The minimum Gasteiger partial charge on any atom is -0.315 e. The molecule has 0 aliphatic heterocycles. The molecule has 4 rings (SSSR count). The molecule has 3 aromatic carbocycles. The molecule has 4 aromatic rings. The molecule has 174 valence electrons. The van der Waals surface area contributed by atoms with Crippen LogP contribution < -0.4 is 10.9 Å². The summed E-state index contributed by atoms with van der Waals surface area (Å²) in [5.41, 5.74) is 2.08. The fraction of sp³-hybridized carbons (Fsp3) is 0.222. The molecule has 1 N–H and O–H groups in total. The Kier molecular flexibility index (Phi) is 6.72. The zero-order chi connectivity index (χ0) is 24.2. The maximum absolute atomic E-state index is 14.2. The van der Waals surface area contributed by atoms with E-state index in [-0.39, 0.29) is 11.2 Å². The summed E-state index contributed by atoms with van der Waals surface area (Å²) in [7, 11) is 0. The van der Waals surface area contributed by atoms with Crippen molar-refractivity contribution in [2.75, 3.05) is 11.9 Å². The molecule has 1 aromatic heterocycles. The van der Waals surface area contributed by atoms with Crippen molar-refractivity contribution in [3.05, 3.63) is 100 Å². The maximum atomic E-state index is 14.2. The number of benzene rings is 3. The second-order valence-corrected chi connectivity index (χ2v) is 8.19. The van der Waals surface area contributed by atoms with Crippen LogP contribution in [-0.2, 0) is 0 Å². The van der Waals surface area contributed by atoms with Crippen molar-refractivity contribution >= 4 is 22.6 Å². The molecule has 0 saturated heterocycles. The summed E-state index contributed by atoms with van der Waals surface area (Å²) in [6, 6.07) is 19.8. The van der Waals surface area contributed by atoms with Gasteiger partial charge in [-0.05, 0) is 56.2 Å². The summed E-state index contributed by atoms with van der Waals surface area (Å²) < 4.78 is 15.8. The molecule has 0 spiro atoms. The Balaban J connectivity index is 1.85. The predicted octanol–water partition coefficient (Wildman–Crippen LogP) is 5.84. The largest absolute Gasteiger partial charge is 0.322 e. The zero-order valence-electron chi connectivity index (χ0n) is 19.5. The van der Waals surface area contributed by atoms with Crippen LogP contribution in [0, 0.1) is 12.7 Å². The van der Waals surface area contributed by atoms with E-state index in [1.165, 1.54) is 12.1 Å². The average Bonchev–Trinajstić information content (AvgIpc) is 2.84. The van der Waals surface area contributed by atoms with Crippen LogP contribution in [0.5, 0.6) is 0 Å². The summed E-state index contributed by atoms with van der Waals surface area (Å²) in [6.45, 7) is 6.12. The van der Waals surface area contributed by atoms with Crippen molar-refractivity contribution in [1.82, 2.24) is 14.5 Å². The van der Waals surface area contributed by atoms with Crippen molar-refractivity contribution in [2.45, 2.75) is 33.2 Å². The number of nitrogens with zero attached hydrogens (tertiary/aromatic N) is 3. The second-order valence-electron chi connectivity index (χ2n) is 8.19. The number of fused-ring (bicyclic) bond motifs is 1. The summed E-state index contributed by atoms with van der Waals surface area (Å²) in [5, 5.41) is 3.16. The van der Waals surface area contributed by atoms with Gasteiger partial charge in [-0.1, -0.05) is 49.4 Å². The van der Waals surface area contributed by atoms with Gasteiger partial charge in [-0.25, -0.2) is 14.2 Å². The fourth-order valence-corrected chi connectivity index (χ4v) is 4.08. The smallest absolute Gasteiger partial charge is 0.315 e. The number of urea groups is 1. The quantitative estimate of drug-likeness (QED) is 0.395. The van der Waals surface area contributed by atoms with Gasteiger partial charge in [0.25, 0.3) is 5.56 Å². The van der Waals surface area contributed by atoms with E-state index >= 15 is 0 Å². The Morgan fingerprint density at radius 1 is 1.06 bits per heavy atom. The molecule has 6 nitrogen and oxygen atoms in total. The van der Waals surface area contributed by atoms with E-state index in [1.807, 2.05) is 57.2 Å². The first-order valence-electron chi connectivity index (χ1n) is 11.3. The van der Waals surface area contributed by atoms with Crippen LogP contribution >= 0.6 is 0 Å². The summed E-state index contributed by atoms with van der Waals surface area (Å²) in [5.74, 6) is -0.0734. The highest BCUT2D eigenvalue weighted by Gasteiger charge is 2.27. The van der Waals surface area contributed by atoms with Gasteiger partial charge in [0.15, 0.2) is 0 Å². The van der Waals surface area contributed by atoms with E-state index in [0.717, 1.165) is 5.56 Å². The van der Waals surface area contributed by atoms with Gasteiger partial charge >= 0.3 is 6.03 Å². The molecular weight excluding hydrogens is 431 g/mol. The summed E-state index contributed by atoms with van der Waals surface area (Å²) in [4.78, 5) is 33.3. The standard InChI is InChI=1S/C27H27FN4O2/c1-4-17-31(27(34)30-23-15-9-7-13-21(23)28)19(3)25-29-22-14-8-6-12-20(22)26(33)32(25)24-16-10-5-11-18(24)2/h5-16,19H,4,17H2,1-3H3,(H,30,34). The minimum atomic E-state index is -0.566. The Morgan fingerprint density at radius 2 is 1.74 bits per heavy atom. The fourth-order valence-electron chi connectivity index (χ4n) is 4.08. The number of carbonyl (C=O) groups is 1. The van der Waals surface area contributed by atoms with Gasteiger partial charge in [0, 0.05) is 6.54 Å². The third-order valence-corrected chi connectivity index (χ3v) is 5.84. The lowest BCUT2D eigenvalue weighted by atomic mass is 10.1. The number of halogens is 1. The monoisotopic (exact) mass is 458 g/mol. The molecule has 1 heterocycles. The Labute approximate surface area is 197 Å². The molecule has 1 unspecified atom stereocenters. The van der Waals surface area contributed by atoms with Crippen LogP contribution in [0.3, 0.4) is 0 Å². The summed E-state index contributed by atoms with van der Waals surface area (Å²) >= 11 is 0. The first-order chi connectivity index (χ1) is 16.4. The van der Waals surface area contributed by atoms with Gasteiger partial charge < -0.3 is 10.2 Å². The third kappa shape index (κ3) is 4.41. The number of anilines is 1. The third-order valence-electron chi connectivity index (χ3n) is 5.84. The van der Waals surface area contributed by atoms with E-state index < -0.39 is 17.9 Å². The van der Waals surface area contributed by atoms with Crippen molar-refractivity contribution < 1.29 is 9.18 Å². The van der Waals surface area contributed by atoms with Gasteiger partial charge in [0.2, 0.25) is 0 Å². The minimum absolute atomic E-state index is 0.101. The van der Waals surface area contributed by atoms with Gasteiger partial charge in [0.05, 0.1) is 28.3 Å². The van der Waals surface area contributed by atoms with E-state index in [4.69, 9.17) is 4.98 Å². The number of amides is 2. The van der Waals surface area contributed by atoms with Crippen LogP contribution in [0.25, 0.3) is 16.6 Å². The van der Waals surface area contributed by atoms with Crippen LogP contribution in [0.2, 0.25) is 0 Å². The topological polar surface area (TPSA) is 67.2 Å². The van der Waals surface area contributed by atoms with Gasteiger partial charge in [-0.15, -0.1) is 0 Å². The highest BCUT2D eigenvalue weighted by Crippen LogP contribution is 2.25. The Morgan fingerprint density at radius 3 is 2.47 bits per heavy atom. The van der Waals surface area contributed by atoms with Crippen molar-refractivity contribution in [3.8, 4) is 5.69 Å². The maximum Gasteiger partial charge on any atom is 0.322 e. The number of hydrogen-bond acceptors (Lipinski definition) is 3. The lowest BCUT2D eigenvalue weighted by Crippen LogP contribution is -2.40. The summed E-state index contributed by atoms with van der Waals surface area (Å²) in [6.07, 6.45) is 0.678. The normalized spacial score (nSPS) is 11.9. The number of nitrogens with one attached hydrogen (secondary N) is 1. The lowest BCUT2D eigenvalue weighted by molar-refractivity contribution is 0.189. The number of rotatable bonds is 6. The van der Waals surface area contributed by atoms with Crippen molar-refractivity contribution in [2.24, 2.45) is 0 Å². The molecule has 34 heavy (non-hydrogen) atoms. The predicted molar refractivity (Wildman–Crippen MR) is 133 cm³/mol. The Bertz CT molecular complexity index is 1400. The molecule has 0 saturated carbocycles. The number of aromatic nitrogens is 2. The van der Waals surface area contributed by atoms with Gasteiger partial charge in [0.1, 0.15) is 11.6 Å².